The third-order valence-electron chi connectivity index (χ3n) is 15.0. The second-order valence-electron chi connectivity index (χ2n) is 20.5. The first-order valence-corrected chi connectivity index (χ1v) is 24.3. The molecular formula is C52H57ClF5N7O5. The van der Waals surface area contributed by atoms with E-state index in [1.807, 2.05) is 49.9 Å². The van der Waals surface area contributed by atoms with E-state index in [-0.39, 0.29) is 96.0 Å². The summed E-state index contributed by atoms with van der Waals surface area (Å²) in [5.41, 5.74) is -2.49. The lowest BCUT2D eigenvalue weighted by atomic mass is 9.82. The standard InChI is InChI=1S/C52H57ClF5N7O5/c1-29-20-41(62(23-30-8-12-33(67-5)13-9-30)24-31-10-14-34(68-6)15-11-31)59-46(43(29)52(56,57)58)42-38(53)21-35-45(44(42)55)60-48(69-28-51-18-7-19-64(51)25-32(54)22-51)61-47(35)65-39-16-17-40(65)37-27-63(26-36(37)39)49(66)70-50(2,3)4/h8-15,20-21,32,36-37,39-40H,7,16-19,22-28H2,1-6H3/t32-,36-,37+,39-,40+,51-/m1/s1. The van der Waals surface area contributed by atoms with Crippen LogP contribution in [0.15, 0.2) is 60.7 Å². The number of benzene rings is 3. The molecule has 70 heavy (non-hydrogen) atoms. The molecule has 12 nitrogen and oxygen atoms in total. The zero-order chi connectivity index (χ0) is 49.4. The SMILES string of the molecule is COc1ccc(CN(Cc2ccc(OC)cc2)c2cc(C)c(C(F)(F)F)c(-c3c(Cl)cc4c(N5[C@@H]6CC[C@H]5[C@H]5CN(C(=O)OC(C)(C)C)C[C@H]56)nc(OC[C@]56CCCN5C[C@H](F)C6)nc4c3F)n2)cc1. The molecule has 10 rings (SSSR count). The van der Waals surface area contributed by atoms with E-state index in [0.717, 1.165) is 36.9 Å². The number of ether oxygens (including phenoxy) is 4. The zero-order valence-electron chi connectivity index (χ0n) is 40.1. The Morgan fingerprint density at radius 1 is 0.886 bits per heavy atom. The molecule has 0 unspecified atom stereocenters. The van der Waals surface area contributed by atoms with Gasteiger partial charge in [0, 0.05) is 68.5 Å². The van der Waals surface area contributed by atoms with Crippen molar-refractivity contribution in [1.29, 1.82) is 0 Å². The molecule has 0 radical (unpaired) electrons. The highest BCUT2D eigenvalue weighted by Gasteiger charge is 2.58. The van der Waals surface area contributed by atoms with E-state index < -0.39 is 46.1 Å². The van der Waals surface area contributed by atoms with Crippen molar-refractivity contribution >= 4 is 40.2 Å². The van der Waals surface area contributed by atoms with Gasteiger partial charge in [-0.1, -0.05) is 35.9 Å². The first kappa shape index (κ1) is 48.0. The second-order valence-corrected chi connectivity index (χ2v) is 20.9. The number of likely N-dealkylation sites (tertiary alicyclic amines) is 1. The van der Waals surface area contributed by atoms with Gasteiger partial charge in [0.25, 0.3) is 0 Å². The van der Waals surface area contributed by atoms with Crippen molar-refractivity contribution in [1.82, 2.24) is 24.8 Å². The lowest BCUT2D eigenvalue weighted by molar-refractivity contribution is -0.137. The minimum absolute atomic E-state index is 0.0443. The van der Waals surface area contributed by atoms with E-state index >= 15 is 17.6 Å². The number of fused-ring (bicyclic) bond motifs is 7. The Morgan fingerprint density at radius 3 is 2.07 bits per heavy atom. The summed E-state index contributed by atoms with van der Waals surface area (Å²) in [7, 11) is 3.12. The quantitative estimate of drug-likeness (QED) is 0.112. The zero-order valence-corrected chi connectivity index (χ0v) is 40.8. The van der Waals surface area contributed by atoms with E-state index in [4.69, 9.17) is 40.5 Å². The van der Waals surface area contributed by atoms with Crippen LogP contribution in [-0.2, 0) is 24.0 Å². The minimum atomic E-state index is -4.97. The van der Waals surface area contributed by atoms with E-state index in [0.29, 0.717) is 36.8 Å². The van der Waals surface area contributed by atoms with E-state index in [1.165, 1.54) is 19.1 Å². The summed E-state index contributed by atoms with van der Waals surface area (Å²) in [6.45, 7) is 9.22. The van der Waals surface area contributed by atoms with E-state index in [1.54, 1.807) is 43.4 Å². The Morgan fingerprint density at radius 2 is 1.50 bits per heavy atom. The molecule has 6 atom stereocenters. The fourth-order valence-electron chi connectivity index (χ4n) is 11.9. The Bertz CT molecular complexity index is 2730. The van der Waals surface area contributed by atoms with Crippen LogP contribution in [0.5, 0.6) is 17.5 Å². The van der Waals surface area contributed by atoms with Crippen LogP contribution in [0, 0.1) is 24.6 Å². The molecule has 0 saturated carbocycles. The van der Waals surface area contributed by atoms with E-state index in [9.17, 15) is 9.18 Å². The lowest BCUT2D eigenvalue weighted by Crippen LogP contribution is -2.43. The van der Waals surface area contributed by atoms with Gasteiger partial charge in [-0.15, -0.1) is 0 Å². The molecule has 1 amide bonds. The second kappa shape index (κ2) is 18.2. The summed E-state index contributed by atoms with van der Waals surface area (Å²) < 4.78 is 102. The largest absolute Gasteiger partial charge is 0.497 e. The Hall–Kier alpha value is -5.68. The number of carbonyl (C=O) groups is 1. The summed E-state index contributed by atoms with van der Waals surface area (Å²) in [4.78, 5) is 35.4. The number of anilines is 2. The smallest absolute Gasteiger partial charge is 0.418 e. The fourth-order valence-corrected chi connectivity index (χ4v) is 12.2. The highest BCUT2D eigenvalue weighted by atomic mass is 35.5. The van der Waals surface area contributed by atoms with Crippen molar-refractivity contribution in [2.75, 3.05) is 56.8 Å². The van der Waals surface area contributed by atoms with Crippen molar-refractivity contribution in [2.45, 2.75) is 108 Å². The molecule has 3 aromatic carbocycles. The maximum atomic E-state index is 18.0. The van der Waals surface area contributed by atoms with Crippen molar-refractivity contribution in [3.05, 3.63) is 93.8 Å². The number of nitrogens with zero attached hydrogens (tertiary/aromatic N) is 7. The van der Waals surface area contributed by atoms with Crippen molar-refractivity contribution in [3.63, 3.8) is 0 Å². The van der Waals surface area contributed by atoms with Crippen LogP contribution in [0.25, 0.3) is 22.2 Å². The van der Waals surface area contributed by atoms with Gasteiger partial charge in [-0.25, -0.2) is 18.6 Å². The molecule has 2 aromatic heterocycles. The van der Waals surface area contributed by atoms with Crippen LogP contribution >= 0.6 is 11.6 Å². The minimum Gasteiger partial charge on any atom is -0.497 e. The summed E-state index contributed by atoms with van der Waals surface area (Å²) in [5, 5.41) is -0.106. The maximum Gasteiger partial charge on any atom is 0.418 e. The fraction of sp³-hybridized carbons (Fsp3) is 0.500. The summed E-state index contributed by atoms with van der Waals surface area (Å²) >= 11 is 7.11. The molecule has 5 aliphatic rings. The van der Waals surface area contributed by atoms with Gasteiger partial charge in [0.05, 0.1) is 41.6 Å². The molecule has 0 spiro atoms. The van der Waals surface area contributed by atoms with Gasteiger partial charge in [-0.2, -0.15) is 23.1 Å². The summed E-state index contributed by atoms with van der Waals surface area (Å²) in [6.07, 6.45) is -3.01. The molecule has 0 aliphatic carbocycles. The Labute approximate surface area is 409 Å². The third kappa shape index (κ3) is 8.89. The van der Waals surface area contributed by atoms with Gasteiger partial charge in [-0.05, 0) is 113 Å². The lowest BCUT2D eigenvalue weighted by Gasteiger charge is -2.32. The molecule has 5 aromatic rings. The van der Waals surface area contributed by atoms with Crippen LogP contribution in [0.2, 0.25) is 5.02 Å². The Kier molecular flexibility index (Phi) is 12.5. The molecule has 372 valence electrons. The van der Waals surface area contributed by atoms with Crippen molar-refractivity contribution < 1.29 is 45.7 Å². The summed E-state index contributed by atoms with van der Waals surface area (Å²) in [5.74, 6) is 0.747. The normalized spacial score (nSPS) is 24.1. The van der Waals surface area contributed by atoms with Gasteiger partial charge in [0.15, 0.2) is 5.82 Å². The van der Waals surface area contributed by atoms with Crippen molar-refractivity contribution in [2.24, 2.45) is 11.8 Å². The molecular weight excluding hydrogens is 933 g/mol. The molecule has 5 fully saturated rings. The molecule has 18 heteroatoms. The number of carbonyl (C=O) groups excluding carboxylic acids is 1. The number of methoxy groups -OCH3 is 2. The first-order valence-electron chi connectivity index (χ1n) is 23.9. The highest BCUT2D eigenvalue weighted by molar-refractivity contribution is 6.34. The van der Waals surface area contributed by atoms with Crippen LogP contribution < -0.4 is 24.0 Å². The highest BCUT2D eigenvalue weighted by Crippen LogP contribution is 2.53. The van der Waals surface area contributed by atoms with Gasteiger partial charge < -0.3 is 33.6 Å². The number of pyridine rings is 1. The van der Waals surface area contributed by atoms with Crippen LogP contribution in [0.1, 0.15) is 75.1 Å². The predicted octanol–water partition coefficient (Wildman–Crippen LogP) is 10.8. The first-order chi connectivity index (χ1) is 33.3. The van der Waals surface area contributed by atoms with Gasteiger partial charge in [-0.3, -0.25) is 4.90 Å². The molecule has 0 N–H and O–H groups in total. The topological polar surface area (TPSA) is 106 Å². The van der Waals surface area contributed by atoms with Crippen LogP contribution in [0.3, 0.4) is 0 Å². The average Bonchev–Trinajstić information content (AvgIpc) is 4.13. The maximum absolute atomic E-state index is 18.0. The monoisotopic (exact) mass is 989 g/mol. The number of halogens is 6. The third-order valence-corrected chi connectivity index (χ3v) is 15.3. The number of amides is 1. The predicted molar refractivity (Wildman–Crippen MR) is 256 cm³/mol. The number of aryl methyl sites for hydroxylation is 1. The summed E-state index contributed by atoms with van der Waals surface area (Å²) in [6, 6.07) is 17.0. The number of aromatic nitrogens is 3. The van der Waals surface area contributed by atoms with Gasteiger partial charge in [0.1, 0.15) is 47.0 Å². The van der Waals surface area contributed by atoms with Gasteiger partial charge >= 0.3 is 18.3 Å². The van der Waals surface area contributed by atoms with Crippen LogP contribution in [-0.4, -0.2) is 107 Å². The molecule has 2 bridgehead atoms. The molecule has 5 saturated heterocycles. The van der Waals surface area contributed by atoms with Crippen LogP contribution in [0.4, 0.5) is 38.4 Å². The number of rotatable bonds is 12. The molecule has 5 aliphatic heterocycles. The molecule has 7 heterocycles. The average molecular weight is 991 g/mol. The number of alkyl halides is 4. The van der Waals surface area contributed by atoms with Crippen molar-refractivity contribution in [3.8, 4) is 28.8 Å². The Balaban J connectivity index is 1.09. The number of hydrogen-bond acceptors (Lipinski definition) is 11. The van der Waals surface area contributed by atoms with E-state index in [2.05, 4.69) is 14.8 Å². The number of hydrogen-bond donors (Lipinski definition) is 0. The van der Waals surface area contributed by atoms with Gasteiger partial charge in [0.2, 0.25) is 0 Å².